The molecule has 0 radical (unpaired) electrons. The van der Waals surface area contributed by atoms with E-state index in [1.165, 1.54) is 6.07 Å². The van der Waals surface area contributed by atoms with E-state index in [4.69, 9.17) is 9.72 Å². The fourth-order valence-electron chi connectivity index (χ4n) is 6.74. The molecule has 3 N–H and O–H groups in total. The number of aliphatic hydroxyl groups is 2. The van der Waals surface area contributed by atoms with Crippen LogP contribution in [0.4, 0.5) is 10.2 Å². The summed E-state index contributed by atoms with van der Waals surface area (Å²) >= 11 is 0. The zero-order valence-corrected chi connectivity index (χ0v) is 22.2. The number of pyridine rings is 1. The van der Waals surface area contributed by atoms with Crippen molar-refractivity contribution in [2.75, 3.05) is 37.7 Å². The van der Waals surface area contributed by atoms with Crippen LogP contribution in [0.5, 0.6) is 11.8 Å². The Balaban J connectivity index is 1.34. The molecule has 3 saturated heterocycles. The van der Waals surface area contributed by atoms with Gasteiger partial charge in [0, 0.05) is 37.7 Å². The van der Waals surface area contributed by atoms with Gasteiger partial charge in [-0.2, -0.15) is 9.97 Å². The number of ether oxygens (including phenoxy) is 1. The predicted octanol–water partition coefficient (Wildman–Crippen LogP) is 3.98. The van der Waals surface area contributed by atoms with Gasteiger partial charge in [0.15, 0.2) is 11.6 Å². The molecule has 10 heteroatoms. The molecular formula is C30H32FN5O4. The summed E-state index contributed by atoms with van der Waals surface area (Å²) in [4.78, 5) is 18.2. The van der Waals surface area contributed by atoms with Gasteiger partial charge in [0.1, 0.15) is 29.4 Å². The first-order valence-corrected chi connectivity index (χ1v) is 14.0. The van der Waals surface area contributed by atoms with E-state index < -0.39 is 11.6 Å². The van der Waals surface area contributed by atoms with Gasteiger partial charge in [-0.3, -0.25) is 9.88 Å². The Morgan fingerprint density at radius 2 is 1.68 bits per heavy atom. The molecule has 40 heavy (non-hydrogen) atoms. The van der Waals surface area contributed by atoms with Crippen molar-refractivity contribution in [2.45, 2.75) is 49.9 Å². The van der Waals surface area contributed by atoms with E-state index in [0.29, 0.717) is 36.5 Å². The number of hydrogen-bond acceptors (Lipinski definition) is 9. The van der Waals surface area contributed by atoms with Gasteiger partial charge < -0.3 is 25.0 Å². The Kier molecular flexibility index (Phi) is 6.03. The standard InChI is InChI=1S/C30H32FN5O4/c31-24-25(22-16-20(37)15-19-5-1-2-6-21(19)22)32-17-23-26(24)33-28(34-27(23)35-13-9-30(38,39)10-14-35)40-18-29-7-3-11-36(29)12-4-8-29/h1-2,5-6,15-17,37-39H,3-4,7-14,18H2. The highest BCUT2D eigenvalue weighted by Gasteiger charge is 2.45. The number of nitrogens with zero attached hydrogens (tertiary/aromatic N) is 5. The van der Waals surface area contributed by atoms with Crippen molar-refractivity contribution >= 4 is 27.5 Å². The second-order valence-electron chi connectivity index (χ2n) is 11.4. The highest BCUT2D eigenvalue weighted by molar-refractivity contribution is 5.99. The van der Waals surface area contributed by atoms with Gasteiger partial charge in [-0.1, -0.05) is 24.3 Å². The van der Waals surface area contributed by atoms with Crippen molar-refractivity contribution < 1.29 is 24.4 Å². The average molecular weight is 546 g/mol. The Bertz CT molecular complexity index is 1590. The first-order chi connectivity index (χ1) is 19.3. The summed E-state index contributed by atoms with van der Waals surface area (Å²) < 4.78 is 22.7. The maximum atomic E-state index is 16.4. The van der Waals surface area contributed by atoms with Crippen molar-refractivity contribution in [2.24, 2.45) is 0 Å². The number of fused-ring (bicyclic) bond motifs is 3. The van der Waals surface area contributed by atoms with Crippen LogP contribution >= 0.6 is 0 Å². The molecule has 0 unspecified atom stereocenters. The third-order valence-corrected chi connectivity index (χ3v) is 8.89. The van der Waals surface area contributed by atoms with E-state index in [0.717, 1.165) is 49.5 Å². The van der Waals surface area contributed by atoms with Crippen molar-refractivity contribution in [3.05, 3.63) is 48.4 Å². The minimum Gasteiger partial charge on any atom is -0.508 e. The van der Waals surface area contributed by atoms with Gasteiger partial charge in [0.05, 0.1) is 10.9 Å². The van der Waals surface area contributed by atoms with Crippen molar-refractivity contribution in [1.82, 2.24) is 19.9 Å². The molecular weight excluding hydrogens is 513 g/mol. The minimum absolute atomic E-state index is 0.0177. The molecule has 0 atom stereocenters. The largest absolute Gasteiger partial charge is 0.508 e. The number of phenols is 1. The highest BCUT2D eigenvalue weighted by Crippen LogP contribution is 2.40. The lowest BCUT2D eigenvalue weighted by atomic mass is 9.95. The normalized spacial score (nSPS) is 20.3. The van der Waals surface area contributed by atoms with Crippen LogP contribution in [0.15, 0.2) is 42.6 Å². The van der Waals surface area contributed by atoms with Gasteiger partial charge in [0.25, 0.3) is 0 Å². The Labute approximate surface area is 230 Å². The van der Waals surface area contributed by atoms with Gasteiger partial charge in [-0.25, -0.2) is 4.39 Å². The van der Waals surface area contributed by atoms with Crippen LogP contribution in [-0.4, -0.2) is 79.3 Å². The van der Waals surface area contributed by atoms with E-state index in [1.807, 2.05) is 29.2 Å². The number of hydrogen-bond donors (Lipinski definition) is 3. The first-order valence-electron chi connectivity index (χ1n) is 14.0. The number of halogens is 1. The lowest BCUT2D eigenvalue weighted by Gasteiger charge is -2.36. The van der Waals surface area contributed by atoms with Gasteiger partial charge in [-0.15, -0.1) is 0 Å². The number of anilines is 1. The zero-order valence-electron chi connectivity index (χ0n) is 22.2. The Hall–Kier alpha value is -3.60. The maximum Gasteiger partial charge on any atom is 0.319 e. The number of aromatic nitrogens is 3. The molecule has 3 aliphatic heterocycles. The average Bonchev–Trinajstić information content (AvgIpc) is 3.52. The summed E-state index contributed by atoms with van der Waals surface area (Å²) in [5.41, 5.74) is 0.594. The fraction of sp³-hybridized carbons (Fsp3) is 0.433. The summed E-state index contributed by atoms with van der Waals surface area (Å²) in [6.45, 7) is 3.22. The van der Waals surface area contributed by atoms with Crippen LogP contribution in [0.25, 0.3) is 32.9 Å². The van der Waals surface area contributed by atoms with Crippen LogP contribution in [-0.2, 0) is 0 Å². The number of phenolic OH excluding ortho intramolecular Hbond substituents is 1. The van der Waals surface area contributed by atoms with E-state index in [2.05, 4.69) is 14.9 Å². The van der Waals surface area contributed by atoms with E-state index in [9.17, 15) is 15.3 Å². The molecule has 0 saturated carbocycles. The molecule has 4 aromatic rings. The van der Waals surface area contributed by atoms with Crippen LogP contribution in [0.1, 0.15) is 38.5 Å². The molecule has 2 aromatic carbocycles. The van der Waals surface area contributed by atoms with Gasteiger partial charge in [0.2, 0.25) is 0 Å². The van der Waals surface area contributed by atoms with Crippen molar-refractivity contribution in [3.8, 4) is 23.0 Å². The van der Waals surface area contributed by atoms with Crippen LogP contribution in [0.2, 0.25) is 0 Å². The highest BCUT2D eigenvalue weighted by atomic mass is 19.1. The molecule has 5 heterocycles. The van der Waals surface area contributed by atoms with Crippen molar-refractivity contribution in [1.29, 1.82) is 0 Å². The summed E-state index contributed by atoms with van der Waals surface area (Å²) in [6, 6.07) is 10.7. The van der Waals surface area contributed by atoms with E-state index >= 15 is 4.39 Å². The number of rotatable bonds is 5. The maximum absolute atomic E-state index is 16.4. The molecule has 2 aromatic heterocycles. The van der Waals surface area contributed by atoms with E-state index in [1.54, 1.807) is 12.3 Å². The number of piperidine rings is 1. The zero-order chi connectivity index (χ0) is 27.5. The molecule has 3 aliphatic rings. The summed E-state index contributed by atoms with van der Waals surface area (Å²) in [5, 5.41) is 32.5. The molecule has 0 aliphatic carbocycles. The second kappa shape index (κ2) is 9.50. The lowest BCUT2D eigenvalue weighted by molar-refractivity contribution is -0.172. The van der Waals surface area contributed by atoms with Gasteiger partial charge >= 0.3 is 6.01 Å². The molecule has 9 nitrogen and oxygen atoms in total. The third kappa shape index (κ3) is 4.31. The van der Waals surface area contributed by atoms with E-state index in [-0.39, 0.29) is 41.4 Å². The number of aromatic hydroxyl groups is 1. The first kappa shape index (κ1) is 25.4. The van der Waals surface area contributed by atoms with Crippen LogP contribution < -0.4 is 9.64 Å². The van der Waals surface area contributed by atoms with Gasteiger partial charge in [-0.05, 0) is 61.7 Å². The minimum atomic E-state index is -1.74. The Morgan fingerprint density at radius 1 is 0.925 bits per heavy atom. The Morgan fingerprint density at radius 3 is 2.45 bits per heavy atom. The SMILES string of the molecule is Oc1cc(-c2ncc3c(N4CCC(O)(O)CC4)nc(OCC45CCCN4CCC5)nc3c2F)c2ccccc2c1. The monoisotopic (exact) mass is 545 g/mol. The fourth-order valence-corrected chi connectivity index (χ4v) is 6.74. The molecule has 0 amide bonds. The molecule has 0 bridgehead atoms. The summed E-state index contributed by atoms with van der Waals surface area (Å²) in [7, 11) is 0. The lowest BCUT2D eigenvalue weighted by Crippen LogP contribution is -2.45. The third-order valence-electron chi connectivity index (χ3n) is 8.89. The summed E-state index contributed by atoms with van der Waals surface area (Å²) in [5.74, 6) is -1.89. The van der Waals surface area contributed by atoms with Crippen LogP contribution in [0.3, 0.4) is 0 Å². The second-order valence-corrected chi connectivity index (χ2v) is 11.4. The van der Waals surface area contributed by atoms with Crippen molar-refractivity contribution in [3.63, 3.8) is 0 Å². The molecule has 3 fully saturated rings. The molecule has 208 valence electrons. The summed E-state index contributed by atoms with van der Waals surface area (Å²) in [6.07, 6.45) is 6.20. The molecule has 0 spiro atoms. The molecule has 7 rings (SSSR count). The quantitative estimate of drug-likeness (QED) is 0.320. The topological polar surface area (TPSA) is 115 Å². The predicted molar refractivity (Wildman–Crippen MR) is 149 cm³/mol. The van der Waals surface area contributed by atoms with Crippen LogP contribution in [0, 0.1) is 5.82 Å². The smallest absolute Gasteiger partial charge is 0.319 e. The number of benzene rings is 2.